The van der Waals surface area contributed by atoms with Crippen LogP contribution in [0.15, 0.2) is 30.6 Å². The molecule has 0 radical (unpaired) electrons. The van der Waals surface area contributed by atoms with E-state index < -0.39 is 12.0 Å². The lowest BCUT2D eigenvalue weighted by Gasteiger charge is -2.08. The van der Waals surface area contributed by atoms with Crippen molar-refractivity contribution in [2.45, 2.75) is 19.4 Å². The summed E-state index contributed by atoms with van der Waals surface area (Å²) in [5, 5.41) is 6.70. The van der Waals surface area contributed by atoms with Crippen LogP contribution in [0.25, 0.3) is 0 Å². The van der Waals surface area contributed by atoms with Gasteiger partial charge in [-0.15, -0.1) is 0 Å². The normalized spacial score (nSPS) is 11.5. The monoisotopic (exact) mass is 235 g/mol. The second kappa shape index (κ2) is 6.65. The molecule has 1 heterocycles. The quantitative estimate of drug-likeness (QED) is 0.762. The van der Waals surface area contributed by atoms with Crippen molar-refractivity contribution >= 4 is 5.97 Å². The molecule has 0 aliphatic heterocycles. The number of ether oxygens (including phenoxy) is 1. The molecule has 1 aromatic rings. The summed E-state index contributed by atoms with van der Waals surface area (Å²) in [6.07, 6.45) is 3.84. The van der Waals surface area contributed by atoms with Crippen molar-refractivity contribution < 1.29 is 9.53 Å². The highest BCUT2D eigenvalue weighted by Gasteiger charge is 2.13. The van der Waals surface area contributed by atoms with Gasteiger partial charge in [0.2, 0.25) is 0 Å². The Morgan fingerprint density at radius 1 is 1.65 bits per heavy atom. The van der Waals surface area contributed by atoms with Crippen molar-refractivity contribution in [2.75, 3.05) is 7.11 Å². The number of methoxy groups -OCH3 is 1. The van der Waals surface area contributed by atoms with Crippen LogP contribution in [0.3, 0.4) is 0 Å². The lowest BCUT2D eigenvalue weighted by atomic mass is 10.1. The fourth-order valence-electron chi connectivity index (χ4n) is 1.39. The first kappa shape index (κ1) is 13.2. The first-order valence-corrected chi connectivity index (χ1v) is 5.29. The number of esters is 1. The predicted octanol–water partition coefficient (Wildman–Crippen LogP) is 0.885. The summed E-state index contributed by atoms with van der Waals surface area (Å²) < 4.78 is 4.59. The van der Waals surface area contributed by atoms with E-state index in [9.17, 15) is 4.79 Å². The molecule has 92 valence electrons. The van der Waals surface area contributed by atoms with E-state index in [1.807, 2.05) is 25.1 Å². The zero-order valence-electron chi connectivity index (χ0n) is 10.0. The van der Waals surface area contributed by atoms with E-state index in [1.165, 1.54) is 7.11 Å². The molecule has 0 aliphatic rings. The average Bonchev–Trinajstić information content (AvgIpc) is 2.40. The molecule has 0 spiro atoms. The van der Waals surface area contributed by atoms with Gasteiger partial charge in [-0.05, 0) is 30.5 Å². The largest absolute Gasteiger partial charge is 0.468 e. The van der Waals surface area contributed by atoms with Crippen LogP contribution in [0.2, 0.25) is 0 Å². The number of nitrogens with zero attached hydrogens (tertiary/aromatic N) is 1. The fraction of sp³-hybridized carbons (Fsp3) is 0.333. The summed E-state index contributed by atoms with van der Waals surface area (Å²) in [6.45, 7) is 1.92. The molecule has 3 N–H and O–H groups in total. The second-order valence-electron chi connectivity index (χ2n) is 3.71. The highest BCUT2D eigenvalue weighted by atomic mass is 16.5. The van der Waals surface area contributed by atoms with Gasteiger partial charge >= 0.3 is 5.97 Å². The molecule has 0 amide bonds. The second-order valence-corrected chi connectivity index (χ2v) is 3.71. The van der Waals surface area contributed by atoms with E-state index in [2.05, 4.69) is 14.9 Å². The van der Waals surface area contributed by atoms with Crippen molar-refractivity contribution in [3.63, 3.8) is 0 Å². The van der Waals surface area contributed by atoms with Crippen LogP contribution in [0.4, 0.5) is 0 Å². The van der Waals surface area contributed by atoms with Crippen LogP contribution in [-0.4, -0.2) is 29.3 Å². The van der Waals surface area contributed by atoms with Crippen molar-refractivity contribution in [3.8, 4) is 0 Å². The maximum absolute atomic E-state index is 11.2. The third-order valence-corrected chi connectivity index (χ3v) is 2.20. The Morgan fingerprint density at radius 2 is 2.41 bits per heavy atom. The number of carbonyl (C=O) groups is 1. The van der Waals surface area contributed by atoms with Crippen LogP contribution in [0.5, 0.6) is 0 Å². The van der Waals surface area contributed by atoms with Gasteiger partial charge in [0, 0.05) is 6.20 Å². The third kappa shape index (κ3) is 4.65. The van der Waals surface area contributed by atoms with Gasteiger partial charge in [0.1, 0.15) is 6.04 Å². The standard InChI is InChI=1S/C12H17N3O2/c1-9-6-10(4-3-5-14-15-8-9)7-11(13)12(16)17-2/h3-6,8,11,14H,7,13H2,1-2H3. The highest BCUT2D eigenvalue weighted by Crippen LogP contribution is 2.03. The lowest BCUT2D eigenvalue weighted by Crippen LogP contribution is -2.33. The van der Waals surface area contributed by atoms with Crippen molar-refractivity contribution in [1.29, 1.82) is 0 Å². The van der Waals surface area contributed by atoms with E-state index in [-0.39, 0.29) is 0 Å². The Kier molecular flexibility index (Phi) is 5.16. The molecule has 0 bridgehead atoms. The minimum atomic E-state index is -0.644. The Labute approximate surface area is 100 Å². The van der Waals surface area contributed by atoms with Gasteiger partial charge < -0.3 is 10.5 Å². The average molecular weight is 235 g/mol. The van der Waals surface area contributed by atoms with Gasteiger partial charge in [0.15, 0.2) is 0 Å². The number of aryl methyl sites for hydroxylation is 1. The number of nitrogens with one attached hydrogen (secondary N) is 1. The summed E-state index contributed by atoms with van der Waals surface area (Å²) in [5.74, 6) is -0.410. The van der Waals surface area contributed by atoms with Gasteiger partial charge in [0.05, 0.1) is 13.3 Å². The fourth-order valence-corrected chi connectivity index (χ4v) is 1.39. The van der Waals surface area contributed by atoms with Gasteiger partial charge in [-0.25, -0.2) is 0 Å². The predicted molar refractivity (Wildman–Crippen MR) is 64.6 cm³/mol. The van der Waals surface area contributed by atoms with Crippen LogP contribution in [0, 0.1) is 6.92 Å². The van der Waals surface area contributed by atoms with E-state index >= 15 is 0 Å². The van der Waals surface area contributed by atoms with E-state index in [4.69, 9.17) is 5.73 Å². The molecule has 0 fully saturated rings. The van der Waals surface area contributed by atoms with Crippen molar-refractivity contribution in [2.24, 2.45) is 5.73 Å². The molecular formula is C12H17N3O2. The maximum atomic E-state index is 11.2. The third-order valence-electron chi connectivity index (χ3n) is 2.20. The summed E-state index contributed by atoms with van der Waals surface area (Å²) in [7, 11) is 1.33. The number of carbonyl (C=O) groups excluding carboxylic acids is 1. The molecule has 1 rings (SSSR count). The first-order valence-electron chi connectivity index (χ1n) is 5.29. The van der Waals surface area contributed by atoms with Gasteiger partial charge in [-0.3, -0.25) is 9.89 Å². The smallest absolute Gasteiger partial charge is 0.322 e. The first-order chi connectivity index (χ1) is 8.13. The van der Waals surface area contributed by atoms with Crippen LogP contribution >= 0.6 is 0 Å². The van der Waals surface area contributed by atoms with Crippen molar-refractivity contribution in [1.82, 2.24) is 10.2 Å². The van der Waals surface area contributed by atoms with E-state index in [0.29, 0.717) is 6.42 Å². The van der Waals surface area contributed by atoms with E-state index in [0.717, 1.165) is 11.1 Å². The molecule has 5 nitrogen and oxygen atoms in total. The number of aromatic nitrogens is 2. The maximum Gasteiger partial charge on any atom is 0.322 e. The lowest BCUT2D eigenvalue weighted by molar-refractivity contribution is -0.142. The van der Waals surface area contributed by atoms with Crippen LogP contribution in [-0.2, 0) is 16.0 Å². The molecular weight excluding hydrogens is 218 g/mol. The molecule has 17 heavy (non-hydrogen) atoms. The summed E-state index contributed by atoms with van der Waals surface area (Å²) in [4.78, 5) is 11.2. The summed E-state index contributed by atoms with van der Waals surface area (Å²) in [5.41, 5.74) is 7.64. The molecule has 1 atom stereocenters. The number of aromatic amines is 1. The van der Waals surface area contributed by atoms with E-state index in [1.54, 1.807) is 12.4 Å². The Morgan fingerprint density at radius 3 is 3.12 bits per heavy atom. The molecule has 1 unspecified atom stereocenters. The molecule has 0 aliphatic carbocycles. The minimum Gasteiger partial charge on any atom is -0.468 e. The minimum absolute atomic E-state index is 0.410. The number of hydrogen-bond acceptors (Lipinski definition) is 4. The zero-order valence-corrected chi connectivity index (χ0v) is 10.0. The Hall–Kier alpha value is -1.88. The number of rotatable bonds is 3. The van der Waals surface area contributed by atoms with Gasteiger partial charge in [-0.1, -0.05) is 12.1 Å². The van der Waals surface area contributed by atoms with Crippen LogP contribution in [0.1, 0.15) is 11.1 Å². The number of hydrogen-bond donors (Lipinski definition) is 2. The number of nitrogens with two attached hydrogens (primary N) is 1. The van der Waals surface area contributed by atoms with Crippen LogP contribution < -0.4 is 5.73 Å². The zero-order chi connectivity index (χ0) is 12.7. The topological polar surface area (TPSA) is 81.0 Å². The van der Waals surface area contributed by atoms with Crippen molar-refractivity contribution in [3.05, 3.63) is 41.7 Å². The summed E-state index contributed by atoms with van der Waals surface area (Å²) >= 11 is 0. The molecule has 1 aromatic heterocycles. The molecule has 0 saturated heterocycles. The van der Waals surface area contributed by atoms with Gasteiger partial charge in [-0.2, -0.15) is 5.10 Å². The Bertz CT molecular complexity index is 428. The molecule has 0 aromatic carbocycles. The number of H-pyrrole nitrogens is 1. The van der Waals surface area contributed by atoms with Gasteiger partial charge in [0.25, 0.3) is 0 Å². The molecule has 5 heteroatoms. The highest BCUT2D eigenvalue weighted by molar-refractivity contribution is 5.75. The SMILES string of the molecule is COC(=O)C(N)Cc1ccc[nH]ncc(C)c1. The summed E-state index contributed by atoms with van der Waals surface area (Å²) in [6, 6.07) is 4.98. The molecule has 0 saturated carbocycles. The Balaban J connectivity index is 2.95.